The number of anilines is 1. The maximum atomic E-state index is 12.9. The minimum absolute atomic E-state index is 0.135. The van der Waals surface area contributed by atoms with Crippen LogP contribution in [0.15, 0.2) is 60.8 Å². The molecule has 0 aliphatic carbocycles. The highest BCUT2D eigenvalue weighted by atomic mass is 35.5. The maximum absolute atomic E-state index is 12.9. The monoisotopic (exact) mass is 420 g/mol. The van der Waals surface area contributed by atoms with E-state index in [9.17, 15) is 4.79 Å². The van der Waals surface area contributed by atoms with Gasteiger partial charge in [0, 0.05) is 42.2 Å². The molecule has 30 heavy (non-hydrogen) atoms. The SMILES string of the molecule is Nc1ncc(-c2ccc(Cl)cc2)c(C2CCCN(C(=O)CCc3ccccc3)C2)n1. The molecule has 1 saturated heterocycles. The second kappa shape index (κ2) is 9.26. The second-order valence-corrected chi connectivity index (χ2v) is 8.13. The van der Waals surface area contributed by atoms with E-state index in [0.29, 0.717) is 18.0 Å². The van der Waals surface area contributed by atoms with Crippen molar-refractivity contribution in [2.75, 3.05) is 18.8 Å². The molecule has 154 valence electrons. The molecule has 0 spiro atoms. The number of benzene rings is 2. The summed E-state index contributed by atoms with van der Waals surface area (Å²) in [7, 11) is 0. The van der Waals surface area contributed by atoms with Crippen LogP contribution in [-0.2, 0) is 11.2 Å². The third kappa shape index (κ3) is 4.79. The smallest absolute Gasteiger partial charge is 0.222 e. The summed E-state index contributed by atoms with van der Waals surface area (Å²) in [6.45, 7) is 1.45. The molecule has 6 heteroatoms. The summed E-state index contributed by atoms with van der Waals surface area (Å²) >= 11 is 6.05. The van der Waals surface area contributed by atoms with Gasteiger partial charge in [-0.25, -0.2) is 9.97 Å². The van der Waals surface area contributed by atoms with Gasteiger partial charge < -0.3 is 10.6 Å². The van der Waals surface area contributed by atoms with Gasteiger partial charge in [0.1, 0.15) is 0 Å². The largest absolute Gasteiger partial charge is 0.368 e. The van der Waals surface area contributed by atoms with Crippen molar-refractivity contribution in [2.24, 2.45) is 0 Å². The number of halogens is 1. The number of aromatic nitrogens is 2. The van der Waals surface area contributed by atoms with Crippen LogP contribution < -0.4 is 5.73 Å². The fraction of sp³-hybridized carbons (Fsp3) is 0.292. The zero-order valence-corrected chi connectivity index (χ0v) is 17.6. The molecule has 2 N–H and O–H groups in total. The molecule has 5 nitrogen and oxygen atoms in total. The van der Waals surface area contributed by atoms with E-state index in [1.807, 2.05) is 47.4 Å². The van der Waals surface area contributed by atoms with Crippen molar-refractivity contribution in [3.05, 3.63) is 77.1 Å². The molecule has 1 unspecified atom stereocenters. The quantitative estimate of drug-likeness (QED) is 0.648. The number of nitrogens with two attached hydrogens (primary N) is 1. The molecule has 1 fully saturated rings. The first-order chi connectivity index (χ1) is 14.6. The Morgan fingerprint density at radius 3 is 2.67 bits per heavy atom. The van der Waals surface area contributed by atoms with Crippen molar-refractivity contribution < 1.29 is 4.79 Å². The Bertz CT molecular complexity index is 1010. The van der Waals surface area contributed by atoms with Crippen LogP contribution in [0.3, 0.4) is 0 Å². The number of carbonyl (C=O) groups is 1. The molecule has 1 aliphatic heterocycles. The molecule has 0 bridgehead atoms. The summed E-state index contributed by atoms with van der Waals surface area (Å²) in [5, 5.41) is 0.685. The van der Waals surface area contributed by atoms with E-state index < -0.39 is 0 Å². The second-order valence-electron chi connectivity index (χ2n) is 7.70. The van der Waals surface area contributed by atoms with E-state index in [-0.39, 0.29) is 17.8 Å². The number of amides is 1. The van der Waals surface area contributed by atoms with Gasteiger partial charge in [0.2, 0.25) is 11.9 Å². The summed E-state index contributed by atoms with van der Waals surface area (Å²) in [4.78, 5) is 23.6. The number of piperidine rings is 1. The van der Waals surface area contributed by atoms with Gasteiger partial charge in [-0.15, -0.1) is 0 Å². The van der Waals surface area contributed by atoms with Crippen LogP contribution >= 0.6 is 11.6 Å². The van der Waals surface area contributed by atoms with Crippen LogP contribution in [0.5, 0.6) is 0 Å². The van der Waals surface area contributed by atoms with Crippen LogP contribution in [0.2, 0.25) is 5.02 Å². The van der Waals surface area contributed by atoms with E-state index in [2.05, 4.69) is 22.1 Å². The molecule has 0 radical (unpaired) electrons. The maximum Gasteiger partial charge on any atom is 0.222 e. The molecule has 1 atom stereocenters. The Hall–Kier alpha value is -2.92. The van der Waals surface area contributed by atoms with Gasteiger partial charge >= 0.3 is 0 Å². The first-order valence-corrected chi connectivity index (χ1v) is 10.7. The summed E-state index contributed by atoms with van der Waals surface area (Å²) in [5.74, 6) is 0.587. The average molecular weight is 421 g/mol. The topological polar surface area (TPSA) is 72.1 Å². The third-order valence-electron chi connectivity index (χ3n) is 5.62. The molecule has 1 amide bonds. The van der Waals surface area contributed by atoms with Gasteiger partial charge in [-0.2, -0.15) is 0 Å². The van der Waals surface area contributed by atoms with Crippen LogP contribution in [0.1, 0.15) is 36.4 Å². The summed E-state index contributed by atoms with van der Waals surface area (Å²) < 4.78 is 0. The van der Waals surface area contributed by atoms with E-state index in [0.717, 1.165) is 42.6 Å². The number of hydrogen-bond acceptors (Lipinski definition) is 4. The van der Waals surface area contributed by atoms with E-state index in [1.54, 1.807) is 6.20 Å². The number of aryl methyl sites for hydroxylation is 1. The Morgan fingerprint density at radius 1 is 1.13 bits per heavy atom. The normalized spacial score (nSPS) is 16.4. The highest BCUT2D eigenvalue weighted by molar-refractivity contribution is 6.30. The van der Waals surface area contributed by atoms with Crippen molar-refractivity contribution in [2.45, 2.75) is 31.6 Å². The minimum Gasteiger partial charge on any atom is -0.368 e. The third-order valence-corrected chi connectivity index (χ3v) is 5.88. The highest BCUT2D eigenvalue weighted by Crippen LogP contribution is 2.34. The summed E-state index contributed by atoms with van der Waals surface area (Å²) in [5.41, 5.74) is 9.97. The first-order valence-electron chi connectivity index (χ1n) is 10.3. The lowest BCUT2D eigenvalue weighted by Crippen LogP contribution is -2.39. The standard InChI is InChI=1S/C24H25ClN4O/c25-20-11-9-18(10-12-20)21-15-27-24(26)28-23(21)19-7-4-14-29(16-19)22(30)13-8-17-5-2-1-3-6-17/h1-3,5-6,9-12,15,19H,4,7-8,13-14,16H2,(H2,26,27,28). The summed E-state index contributed by atoms with van der Waals surface area (Å²) in [6, 6.07) is 17.8. The zero-order chi connectivity index (χ0) is 20.9. The lowest BCUT2D eigenvalue weighted by Gasteiger charge is -2.33. The number of nitrogens with zero attached hydrogens (tertiary/aromatic N) is 3. The van der Waals surface area contributed by atoms with Gasteiger partial charge in [0.05, 0.1) is 5.69 Å². The Labute approximate surface area is 181 Å². The molecule has 2 aromatic carbocycles. The van der Waals surface area contributed by atoms with E-state index >= 15 is 0 Å². The van der Waals surface area contributed by atoms with Crippen LogP contribution in [-0.4, -0.2) is 33.9 Å². The summed E-state index contributed by atoms with van der Waals surface area (Å²) in [6.07, 6.45) is 4.98. The molecule has 1 aromatic heterocycles. The van der Waals surface area contributed by atoms with E-state index in [4.69, 9.17) is 17.3 Å². The fourth-order valence-corrected chi connectivity index (χ4v) is 4.18. The van der Waals surface area contributed by atoms with Crippen LogP contribution in [0.25, 0.3) is 11.1 Å². The van der Waals surface area contributed by atoms with Crippen molar-refractivity contribution >= 4 is 23.5 Å². The zero-order valence-electron chi connectivity index (χ0n) is 16.8. The van der Waals surface area contributed by atoms with Crippen LogP contribution in [0.4, 0.5) is 5.95 Å². The van der Waals surface area contributed by atoms with Crippen molar-refractivity contribution in [3.8, 4) is 11.1 Å². The number of rotatable bonds is 5. The Kier molecular flexibility index (Phi) is 6.29. The number of likely N-dealkylation sites (tertiary alicyclic amines) is 1. The predicted octanol–water partition coefficient (Wildman–Crippen LogP) is 4.72. The molecular weight excluding hydrogens is 396 g/mol. The van der Waals surface area contributed by atoms with Gasteiger partial charge in [-0.1, -0.05) is 54.1 Å². The molecule has 2 heterocycles. The number of hydrogen-bond donors (Lipinski definition) is 1. The van der Waals surface area contributed by atoms with Crippen LogP contribution in [0, 0.1) is 0 Å². The fourth-order valence-electron chi connectivity index (χ4n) is 4.05. The number of nitrogen functional groups attached to an aromatic ring is 1. The Morgan fingerprint density at radius 2 is 1.90 bits per heavy atom. The molecule has 1 aliphatic rings. The minimum atomic E-state index is 0.135. The molecule has 0 saturated carbocycles. The molecule has 4 rings (SSSR count). The predicted molar refractivity (Wildman–Crippen MR) is 120 cm³/mol. The van der Waals surface area contributed by atoms with Crippen molar-refractivity contribution in [1.82, 2.24) is 14.9 Å². The average Bonchev–Trinajstić information content (AvgIpc) is 2.79. The Balaban J connectivity index is 1.51. The lowest BCUT2D eigenvalue weighted by molar-refractivity contribution is -0.132. The van der Waals surface area contributed by atoms with Gasteiger partial charge in [0.15, 0.2) is 0 Å². The molecular formula is C24H25ClN4O. The van der Waals surface area contributed by atoms with Crippen molar-refractivity contribution in [3.63, 3.8) is 0 Å². The lowest BCUT2D eigenvalue weighted by atomic mass is 9.89. The number of carbonyl (C=O) groups excluding carboxylic acids is 1. The highest BCUT2D eigenvalue weighted by Gasteiger charge is 2.27. The van der Waals surface area contributed by atoms with Gasteiger partial charge in [-0.05, 0) is 42.5 Å². The first kappa shape index (κ1) is 20.4. The van der Waals surface area contributed by atoms with Crippen molar-refractivity contribution in [1.29, 1.82) is 0 Å². The molecule has 3 aromatic rings. The van der Waals surface area contributed by atoms with Gasteiger partial charge in [-0.3, -0.25) is 4.79 Å². The van der Waals surface area contributed by atoms with E-state index in [1.165, 1.54) is 5.56 Å². The van der Waals surface area contributed by atoms with Gasteiger partial charge in [0.25, 0.3) is 0 Å².